The lowest BCUT2D eigenvalue weighted by molar-refractivity contribution is -0.308. The Balaban J connectivity index is 1.69. The Bertz CT molecular complexity index is 1090. The average Bonchev–Trinajstić information content (AvgIpc) is 3.12. The van der Waals surface area contributed by atoms with Gasteiger partial charge in [-0.2, -0.15) is 13.2 Å². The van der Waals surface area contributed by atoms with Crippen molar-refractivity contribution in [2.24, 2.45) is 22.4 Å². The zero-order valence-corrected chi connectivity index (χ0v) is 19.5. The number of allylic oxidation sites excluding steroid dienone is 4. The monoisotopic (exact) mass is 473 g/mol. The maximum Gasteiger partial charge on any atom is 0.417 e. The molecule has 4 aliphatic rings. The largest absolute Gasteiger partial charge is 0.417 e. The SMILES string of the molecule is CO[C@@]1(C(F)(F)F)CCC2C3CCC4=CC(=O)CCC4=C3[C@@H](c3ccc(/C=N/O)cc3)C[C@@]21C. The van der Waals surface area contributed by atoms with E-state index in [-0.39, 0.29) is 30.0 Å². The molecule has 5 rings (SSSR count). The summed E-state index contributed by atoms with van der Waals surface area (Å²) in [5.74, 6) is -0.123. The van der Waals surface area contributed by atoms with Crippen molar-refractivity contribution in [1.82, 2.24) is 0 Å². The molecule has 0 saturated heterocycles. The first-order valence-corrected chi connectivity index (χ1v) is 12.0. The molecule has 1 aromatic rings. The van der Waals surface area contributed by atoms with E-state index in [1.165, 1.54) is 24.5 Å². The zero-order chi connectivity index (χ0) is 24.3. The number of ketones is 1. The molecular formula is C27H30F3NO3. The zero-order valence-electron chi connectivity index (χ0n) is 19.5. The second-order valence-corrected chi connectivity index (χ2v) is 10.5. The second kappa shape index (κ2) is 8.08. The van der Waals surface area contributed by atoms with Gasteiger partial charge in [-0.05, 0) is 78.7 Å². The number of hydrogen-bond acceptors (Lipinski definition) is 4. The molecule has 2 saturated carbocycles. The van der Waals surface area contributed by atoms with E-state index in [9.17, 15) is 18.0 Å². The summed E-state index contributed by atoms with van der Waals surface area (Å²) in [4.78, 5) is 12.1. The quantitative estimate of drug-likeness (QED) is 0.317. The van der Waals surface area contributed by atoms with Crippen molar-refractivity contribution in [3.8, 4) is 0 Å². The number of methoxy groups -OCH3 is 1. The molecule has 0 spiro atoms. The van der Waals surface area contributed by atoms with Crippen LogP contribution in [0.25, 0.3) is 0 Å². The molecule has 0 amide bonds. The third-order valence-electron chi connectivity index (χ3n) is 9.21. The summed E-state index contributed by atoms with van der Waals surface area (Å²) < 4.78 is 49.3. The fourth-order valence-corrected chi connectivity index (χ4v) is 7.74. The van der Waals surface area contributed by atoms with Crippen molar-refractivity contribution in [2.45, 2.75) is 69.6 Å². The molecule has 4 aliphatic carbocycles. The molecule has 0 aliphatic heterocycles. The summed E-state index contributed by atoms with van der Waals surface area (Å²) in [5.41, 5.74) is 1.97. The number of alkyl halides is 3. The Morgan fingerprint density at radius 2 is 1.88 bits per heavy atom. The van der Waals surface area contributed by atoms with E-state index in [0.717, 1.165) is 29.5 Å². The van der Waals surface area contributed by atoms with Crippen LogP contribution in [-0.2, 0) is 9.53 Å². The summed E-state index contributed by atoms with van der Waals surface area (Å²) in [7, 11) is 1.21. The van der Waals surface area contributed by atoms with Crippen molar-refractivity contribution in [3.63, 3.8) is 0 Å². The highest BCUT2D eigenvalue weighted by Crippen LogP contribution is 2.70. The normalized spacial score (nSPS) is 35.7. The van der Waals surface area contributed by atoms with Crippen LogP contribution in [0, 0.1) is 17.3 Å². The molecule has 7 heteroatoms. The third-order valence-corrected chi connectivity index (χ3v) is 9.21. The molecule has 34 heavy (non-hydrogen) atoms. The Morgan fingerprint density at radius 3 is 2.53 bits per heavy atom. The van der Waals surface area contributed by atoms with Gasteiger partial charge in [-0.15, -0.1) is 0 Å². The number of hydrogen-bond donors (Lipinski definition) is 1. The summed E-state index contributed by atoms with van der Waals surface area (Å²) in [5, 5.41) is 11.9. The molecule has 0 aromatic heterocycles. The Morgan fingerprint density at radius 1 is 1.15 bits per heavy atom. The smallest absolute Gasteiger partial charge is 0.411 e. The standard InChI is InChI=1S/C27H30F3NO3/c1-25-14-22(17-5-3-16(4-6-17)15-31-33)24-20-10-8-19(32)13-18(20)7-9-21(24)23(25)11-12-26(25,34-2)27(28,29)30/h3-6,13,15,21-23,33H,7-12,14H2,1-2H3/b31-15+/t21?,22-,23?,25+,26+/m1/s1. The molecule has 4 nitrogen and oxygen atoms in total. The molecule has 0 radical (unpaired) electrons. The molecule has 182 valence electrons. The van der Waals surface area contributed by atoms with Crippen molar-refractivity contribution in [2.75, 3.05) is 7.11 Å². The second-order valence-electron chi connectivity index (χ2n) is 10.5. The van der Waals surface area contributed by atoms with Crippen molar-refractivity contribution in [3.05, 3.63) is 58.2 Å². The minimum absolute atomic E-state index is 0.0207. The maximum absolute atomic E-state index is 14.6. The van der Waals surface area contributed by atoms with E-state index < -0.39 is 17.2 Å². The van der Waals surface area contributed by atoms with Crippen LogP contribution >= 0.6 is 0 Å². The number of nitrogens with zero attached hydrogens (tertiary/aromatic N) is 1. The van der Waals surface area contributed by atoms with Gasteiger partial charge in [-0.3, -0.25) is 4.79 Å². The average molecular weight is 474 g/mol. The van der Waals surface area contributed by atoms with Gasteiger partial charge in [0, 0.05) is 24.9 Å². The molecule has 2 fully saturated rings. The number of ether oxygens (including phenoxy) is 1. The van der Waals surface area contributed by atoms with E-state index in [4.69, 9.17) is 9.94 Å². The summed E-state index contributed by atoms with van der Waals surface area (Å²) >= 11 is 0. The van der Waals surface area contributed by atoms with Crippen molar-refractivity contribution in [1.29, 1.82) is 0 Å². The Labute approximate surface area is 197 Å². The van der Waals surface area contributed by atoms with Gasteiger partial charge in [-0.25, -0.2) is 0 Å². The first-order chi connectivity index (χ1) is 16.1. The predicted octanol–water partition coefficient (Wildman–Crippen LogP) is 6.34. The van der Waals surface area contributed by atoms with Crippen LogP contribution in [0.2, 0.25) is 0 Å². The molecule has 5 atom stereocenters. The first kappa shape index (κ1) is 23.3. The Hall–Kier alpha value is -2.41. The molecule has 1 N–H and O–H groups in total. The highest BCUT2D eigenvalue weighted by Gasteiger charge is 2.73. The van der Waals surface area contributed by atoms with Gasteiger partial charge in [0.05, 0.1) is 6.21 Å². The number of oxime groups is 1. The molecule has 0 heterocycles. The topological polar surface area (TPSA) is 58.9 Å². The summed E-state index contributed by atoms with van der Waals surface area (Å²) in [6.45, 7) is 1.79. The van der Waals surface area contributed by atoms with Crippen LogP contribution in [0.4, 0.5) is 13.2 Å². The van der Waals surface area contributed by atoms with E-state index in [1.807, 2.05) is 24.3 Å². The molecule has 0 bridgehead atoms. The van der Waals surface area contributed by atoms with Crippen molar-refractivity contribution >= 4 is 12.0 Å². The van der Waals surface area contributed by atoms with Crippen LogP contribution in [0.1, 0.15) is 68.9 Å². The van der Waals surface area contributed by atoms with Crippen LogP contribution in [0.3, 0.4) is 0 Å². The van der Waals surface area contributed by atoms with Crippen LogP contribution in [-0.4, -0.2) is 36.1 Å². The maximum atomic E-state index is 14.6. The number of fused-ring (bicyclic) bond motifs is 4. The highest BCUT2D eigenvalue weighted by atomic mass is 19.4. The van der Waals surface area contributed by atoms with Gasteiger partial charge < -0.3 is 9.94 Å². The minimum Gasteiger partial charge on any atom is -0.411 e. The number of carbonyl (C=O) groups is 1. The number of carbonyl (C=O) groups excluding carboxylic acids is 1. The van der Waals surface area contributed by atoms with Crippen LogP contribution in [0.15, 0.2) is 52.2 Å². The molecule has 1 aromatic carbocycles. The lowest BCUT2D eigenvalue weighted by atomic mass is 9.51. The molecular weight excluding hydrogens is 443 g/mol. The first-order valence-electron chi connectivity index (χ1n) is 12.0. The van der Waals surface area contributed by atoms with Gasteiger partial charge in [-0.1, -0.05) is 41.9 Å². The van der Waals surface area contributed by atoms with E-state index in [2.05, 4.69) is 5.16 Å². The lowest BCUT2D eigenvalue weighted by Gasteiger charge is -2.55. The van der Waals surface area contributed by atoms with Crippen LogP contribution < -0.4 is 0 Å². The lowest BCUT2D eigenvalue weighted by Crippen LogP contribution is -2.60. The fourth-order valence-electron chi connectivity index (χ4n) is 7.74. The predicted molar refractivity (Wildman–Crippen MR) is 122 cm³/mol. The van der Waals surface area contributed by atoms with E-state index in [1.54, 1.807) is 13.0 Å². The minimum atomic E-state index is -4.46. The highest BCUT2D eigenvalue weighted by molar-refractivity contribution is 5.93. The number of benzene rings is 1. The van der Waals surface area contributed by atoms with Crippen molar-refractivity contribution < 1.29 is 27.9 Å². The van der Waals surface area contributed by atoms with Gasteiger partial charge in [0.2, 0.25) is 0 Å². The van der Waals surface area contributed by atoms with E-state index in [0.29, 0.717) is 25.7 Å². The fraction of sp³-hybridized carbons (Fsp3) is 0.556. The van der Waals surface area contributed by atoms with Gasteiger partial charge in [0.25, 0.3) is 0 Å². The van der Waals surface area contributed by atoms with Gasteiger partial charge in [0.15, 0.2) is 11.4 Å². The summed E-state index contributed by atoms with van der Waals surface area (Å²) in [6.07, 6.45) is 2.08. The third kappa shape index (κ3) is 3.23. The van der Waals surface area contributed by atoms with Crippen LogP contribution in [0.5, 0.6) is 0 Å². The molecule has 2 unspecified atom stereocenters. The Kier molecular flexibility index (Phi) is 5.54. The summed E-state index contributed by atoms with van der Waals surface area (Å²) in [6, 6.07) is 7.52. The van der Waals surface area contributed by atoms with E-state index >= 15 is 0 Å². The number of rotatable bonds is 3. The van der Waals surface area contributed by atoms with Gasteiger partial charge >= 0.3 is 6.18 Å². The number of halogens is 3. The van der Waals surface area contributed by atoms with Gasteiger partial charge in [0.1, 0.15) is 0 Å².